The lowest BCUT2D eigenvalue weighted by Crippen LogP contribution is -2.50. The summed E-state index contributed by atoms with van der Waals surface area (Å²) in [6, 6.07) is 9.23. The molecule has 1 N–H and O–H groups in total. The van der Waals surface area contributed by atoms with Gasteiger partial charge in [-0.1, -0.05) is 30.3 Å². The van der Waals surface area contributed by atoms with Gasteiger partial charge in [0.15, 0.2) is 0 Å². The number of amides is 2. The summed E-state index contributed by atoms with van der Waals surface area (Å²) in [6.07, 6.45) is -0.295. The summed E-state index contributed by atoms with van der Waals surface area (Å²) in [5.41, 5.74) is 0.850. The third-order valence-corrected chi connectivity index (χ3v) is 4.27. The van der Waals surface area contributed by atoms with Gasteiger partial charge in [-0.15, -0.1) is 0 Å². The molecule has 1 fully saturated rings. The molecular formula is C18H24N2O5. The molecule has 0 spiro atoms. The van der Waals surface area contributed by atoms with Gasteiger partial charge in [-0.05, 0) is 12.5 Å². The summed E-state index contributed by atoms with van der Waals surface area (Å²) < 4.78 is 4.96. The third kappa shape index (κ3) is 5.48. The van der Waals surface area contributed by atoms with Gasteiger partial charge in [0.2, 0.25) is 5.91 Å². The van der Waals surface area contributed by atoms with Crippen molar-refractivity contribution in [3.8, 4) is 0 Å². The number of rotatable bonds is 6. The van der Waals surface area contributed by atoms with Crippen LogP contribution in [0.5, 0.6) is 0 Å². The number of carbonyl (C=O) groups is 3. The van der Waals surface area contributed by atoms with Crippen LogP contribution >= 0.6 is 0 Å². The Morgan fingerprint density at radius 3 is 2.20 bits per heavy atom. The molecule has 0 aromatic heterocycles. The topological polar surface area (TPSA) is 87.2 Å². The molecule has 0 aliphatic carbocycles. The normalized spacial score (nSPS) is 15.6. The van der Waals surface area contributed by atoms with Crippen molar-refractivity contribution in [3.05, 3.63) is 35.9 Å². The van der Waals surface area contributed by atoms with E-state index in [0.717, 1.165) is 5.56 Å². The second-order valence-corrected chi connectivity index (χ2v) is 5.98. The predicted molar refractivity (Wildman–Crippen MR) is 91.2 cm³/mol. The average Bonchev–Trinajstić information content (AvgIpc) is 2.62. The van der Waals surface area contributed by atoms with E-state index in [4.69, 9.17) is 9.84 Å². The van der Waals surface area contributed by atoms with Gasteiger partial charge in [-0.25, -0.2) is 4.79 Å². The molecule has 0 bridgehead atoms. The fourth-order valence-corrected chi connectivity index (χ4v) is 2.94. The third-order valence-electron chi connectivity index (χ3n) is 4.27. The van der Waals surface area contributed by atoms with Crippen molar-refractivity contribution >= 4 is 18.0 Å². The predicted octanol–water partition coefficient (Wildman–Crippen LogP) is 1.94. The number of carboxylic acids is 1. The molecule has 7 heteroatoms. The van der Waals surface area contributed by atoms with Crippen LogP contribution in [0.25, 0.3) is 0 Å². The van der Waals surface area contributed by atoms with E-state index < -0.39 is 5.97 Å². The zero-order valence-electron chi connectivity index (χ0n) is 14.4. The highest BCUT2D eigenvalue weighted by Gasteiger charge is 2.27. The highest BCUT2D eigenvalue weighted by atomic mass is 16.6. The molecule has 2 amide bonds. The maximum atomic E-state index is 12.6. The number of benzene rings is 1. The SMILES string of the molecule is CCOC(=O)N1CCN(C(=O)C[C@H](CC(=O)O)c2ccccc2)CC1. The highest BCUT2D eigenvalue weighted by Crippen LogP contribution is 2.24. The lowest BCUT2D eigenvalue weighted by atomic mass is 9.92. The van der Waals surface area contributed by atoms with Crippen LogP contribution in [0.3, 0.4) is 0 Å². The zero-order valence-corrected chi connectivity index (χ0v) is 14.4. The van der Waals surface area contributed by atoms with Gasteiger partial charge in [-0.2, -0.15) is 0 Å². The summed E-state index contributed by atoms with van der Waals surface area (Å²) in [5, 5.41) is 9.13. The molecule has 1 saturated heterocycles. The largest absolute Gasteiger partial charge is 0.481 e. The molecule has 1 heterocycles. The second-order valence-electron chi connectivity index (χ2n) is 5.98. The van der Waals surface area contributed by atoms with Gasteiger partial charge in [0.05, 0.1) is 13.0 Å². The van der Waals surface area contributed by atoms with Crippen molar-refractivity contribution in [2.45, 2.75) is 25.7 Å². The van der Waals surface area contributed by atoms with Crippen LogP contribution in [-0.4, -0.2) is 65.7 Å². The Morgan fingerprint density at radius 1 is 1.04 bits per heavy atom. The summed E-state index contributed by atoms with van der Waals surface area (Å²) in [4.78, 5) is 38.7. The van der Waals surface area contributed by atoms with Crippen molar-refractivity contribution < 1.29 is 24.2 Å². The van der Waals surface area contributed by atoms with Crippen LogP contribution in [0.1, 0.15) is 31.2 Å². The first kappa shape index (κ1) is 18.8. The molecule has 25 heavy (non-hydrogen) atoms. The second kappa shape index (κ2) is 9.05. The Labute approximate surface area is 147 Å². The molecule has 0 radical (unpaired) electrons. The number of ether oxygens (including phenoxy) is 1. The molecular weight excluding hydrogens is 324 g/mol. The van der Waals surface area contributed by atoms with E-state index in [1.807, 2.05) is 30.3 Å². The minimum atomic E-state index is -0.922. The van der Waals surface area contributed by atoms with E-state index >= 15 is 0 Å². The van der Waals surface area contributed by atoms with Gasteiger partial charge in [0.1, 0.15) is 0 Å². The molecule has 1 aliphatic rings. The van der Waals surface area contributed by atoms with Crippen LogP contribution in [0, 0.1) is 0 Å². The number of piperazine rings is 1. The first-order valence-electron chi connectivity index (χ1n) is 8.47. The molecule has 1 aliphatic heterocycles. The summed E-state index contributed by atoms with van der Waals surface area (Å²) in [6.45, 7) is 3.81. The summed E-state index contributed by atoms with van der Waals surface area (Å²) >= 11 is 0. The van der Waals surface area contributed by atoms with Gasteiger partial charge in [0.25, 0.3) is 0 Å². The van der Waals surface area contributed by atoms with Crippen LogP contribution in [0.15, 0.2) is 30.3 Å². The van der Waals surface area contributed by atoms with E-state index in [0.29, 0.717) is 32.8 Å². The molecule has 136 valence electrons. The number of aliphatic carboxylic acids is 1. The molecule has 0 saturated carbocycles. The van der Waals surface area contributed by atoms with E-state index in [1.165, 1.54) is 0 Å². The first-order chi connectivity index (χ1) is 12.0. The van der Waals surface area contributed by atoms with Crippen molar-refractivity contribution in [2.24, 2.45) is 0 Å². The van der Waals surface area contributed by atoms with Crippen molar-refractivity contribution in [1.29, 1.82) is 0 Å². The number of hydrogen-bond donors (Lipinski definition) is 1. The maximum absolute atomic E-state index is 12.6. The van der Waals surface area contributed by atoms with Crippen molar-refractivity contribution in [3.63, 3.8) is 0 Å². The average molecular weight is 348 g/mol. The van der Waals surface area contributed by atoms with Crippen molar-refractivity contribution in [2.75, 3.05) is 32.8 Å². The fraction of sp³-hybridized carbons (Fsp3) is 0.500. The van der Waals surface area contributed by atoms with Gasteiger partial charge in [-0.3, -0.25) is 9.59 Å². The lowest BCUT2D eigenvalue weighted by molar-refractivity contribution is -0.138. The number of hydrogen-bond acceptors (Lipinski definition) is 4. The van der Waals surface area contributed by atoms with E-state index in [2.05, 4.69) is 0 Å². The van der Waals surface area contributed by atoms with Crippen LogP contribution in [0.4, 0.5) is 4.79 Å². The van der Waals surface area contributed by atoms with Crippen LogP contribution in [-0.2, 0) is 14.3 Å². The monoisotopic (exact) mass is 348 g/mol. The van der Waals surface area contributed by atoms with Crippen LogP contribution in [0.2, 0.25) is 0 Å². The minimum absolute atomic E-state index is 0.0846. The molecule has 1 aromatic rings. The molecule has 1 aromatic carbocycles. The van der Waals surface area contributed by atoms with Gasteiger partial charge in [0, 0.05) is 38.5 Å². The Kier molecular flexibility index (Phi) is 6.80. The summed E-state index contributed by atoms with van der Waals surface area (Å²) in [5.74, 6) is -1.36. The van der Waals surface area contributed by atoms with E-state index in [1.54, 1.807) is 16.7 Å². The van der Waals surface area contributed by atoms with Gasteiger partial charge < -0.3 is 19.6 Å². The van der Waals surface area contributed by atoms with Crippen LogP contribution < -0.4 is 0 Å². The Bertz CT molecular complexity index is 597. The smallest absolute Gasteiger partial charge is 0.409 e. The standard InChI is InChI=1S/C18H24N2O5/c1-2-25-18(24)20-10-8-19(9-11-20)16(21)12-15(13-17(22)23)14-6-4-3-5-7-14/h3-7,15H,2,8-13H2,1H3,(H,22,23)/t15-/m1/s1. The highest BCUT2D eigenvalue weighted by molar-refractivity contribution is 5.79. The quantitative estimate of drug-likeness (QED) is 0.849. The Hall–Kier alpha value is -2.57. The summed E-state index contributed by atoms with van der Waals surface area (Å²) in [7, 11) is 0. The fourth-order valence-electron chi connectivity index (χ4n) is 2.94. The number of carbonyl (C=O) groups excluding carboxylic acids is 2. The first-order valence-corrected chi connectivity index (χ1v) is 8.47. The zero-order chi connectivity index (χ0) is 18.2. The molecule has 7 nitrogen and oxygen atoms in total. The molecule has 2 rings (SSSR count). The number of nitrogens with zero attached hydrogens (tertiary/aromatic N) is 2. The molecule has 1 atom stereocenters. The van der Waals surface area contributed by atoms with Crippen molar-refractivity contribution in [1.82, 2.24) is 9.80 Å². The van der Waals surface area contributed by atoms with Gasteiger partial charge >= 0.3 is 12.1 Å². The Morgan fingerprint density at radius 2 is 1.64 bits per heavy atom. The minimum Gasteiger partial charge on any atom is -0.481 e. The van der Waals surface area contributed by atoms with E-state index in [-0.39, 0.29) is 30.8 Å². The van der Waals surface area contributed by atoms with E-state index in [9.17, 15) is 14.4 Å². The maximum Gasteiger partial charge on any atom is 0.409 e. The molecule has 0 unspecified atom stereocenters. The number of carboxylic acid groups (broad SMARTS) is 1. The lowest BCUT2D eigenvalue weighted by Gasteiger charge is -2.34. The Balaban J connectivity index is 1.93.